The predicted octanol–water partition coefficient (Wildman–Crippen LogP) is 2.72. The van der Waals surface area contributed by atoms with Crippen molar-refractivity contribution in [3.8, 4) is 0 Å². The van der Waals surface area contributed by atoms with E-state index in [0.29, 0.717) is 10.2 Å². The summed E-state index contributed by atoms with van der Waals surface area (Å²) >= 11 is 5.14. The fourth-order valence-corrected chi connectivity index (χ4v) is 2.26. The van der Waals surface area contributed by atoms with E-state index in [9.17, 15) is 9.59 Å². The van der Waals surface area contributed by atoms with Gasteiger partial charge in [-0.25, -0.2) is 0 Å². The van der Waals surface area contributed by atoms with Crippen LogP contribution in [0.25, 0.3) is 0 Å². The van der Waals surface area contributed by atoms with Crippen molar-refractivity contribution in [2.24, 2.45) is 0 Å². The standard InChI is InChI=1S/C12H8BrIN2O3/c13-10-6-5-9(19-10)12(18)16-15-11(17)7-3-1-2-4-8(7)14/h1-6H,(H,15,17)(H,16,18). The first-order chi connectivity index (χ1) is 9.08. The first-order valence-electron chi connectivity index (χ1n) is 5.18. The molecule has 0 fully saturated rings. The molecule has 0 spiro atoms. The van der Waals surface area contributed by atoms with Crippen molar-refractivity contribution < 1.29 is 14.0 Å². The van der Waals surface area contributed by atoms with E-state index in [0.717, 1.165) is 3.57 Å². The molecular formula is C12H8BrIN2O3. The van der Waals surface area contributed by atoms with Gasteiger partial charge in [-0.3, -0.25) is 20.4 Å². The van der Waals surface area contributed by atoms with Gasteiger partial charge in [-0.05, 0) is 62.8 Å². The van der Waals surface area contributed by atoms with E-state index in [1.54, 1.807) is 24.3 Å². The number of hydrogen-bond donors (Lipinski definition) is 2. The lowest BCUT2D eigenvalue weighted by Gasteiger charge is -2.07. The smallest absolute Gasteiger partial charge is 0.305 e. The number of nitrogens with one attached hydrogen (secondary N) is 2. The maximum atomic E-state index is 11.8. The summed E-state index contributed by atoms with van der Waals surface area (Å²) in [6.45, 7) is 0. The van der Waals surface area contributed by atoms with Crippen LogP contribution in [-0.4, -0.2) is 11.8 Å². The molecule has 1 heterocycles. The van der Waals surface area contributed by atoms with Gasteiger partial charge in [0.2, 0.25) is 0 Å². The zero-order valence-electron chi connectivity index (χ0n) is 9.44. The van der Waals surface area contributed by atoms with Gasteiger partial charge in [-0.15, -0.1) is 0 Å². The van der Waals surface area contributed by atoms with Crippen molar-refractivity contribution in [1.29, 1.82) is 0 Å². The Labute approximate surface area is 131 Å². The highest BCUT2D eigenvalue weighted by Crippen LogP contribution is 2.13. The summed E-state index contributed by atoms with van der Waals surface area (Å²) in [5, 5.41) is 0. The second-order valence-electron chi connectivity index (χ2n) is 3.49. The van der Waals surface area contributed by atoms with Crippen LogP contribution in [0.4, 0.5) is 0 Å². The molecule has 98 valence electrons. The van der Waals surface area contributed by atoms with E-state index in [1.807, 2.05) is 28.7 Å². The largest absolute Gasteiger partial charge is 0.444 e. The second-order valence-corrected chi connectivity index (χ2v) is 5.44. The van der Waals surface area contributed by atoms with Crippen LogP contribution in [0.5, 0.6) is 0 Å². The third-order valence-corrected chi connectivity index (χ3v) is 3.57. The van der Waals surface area contributed by atoms with Crippen LogP contribution in [0.3, 0.4) is 0 Å². The number of hydrogen-bond acceptors (Lipinski definition) is 3. The number of rotatable bonds is 2. The van der Waals surface area contributed by atoms with Gasteiger partial charge in [0, 0.05) is 3.57 Å². The zero-order chi connectivity index (χ0) is 13.8. The van der Waals surface area contributed by atoms with E-state index in [4.69, 9.17) is 4.42 Å². The summed E-state index contributed by atoms with van der Waals surface area (Å²) in [6.07, 6.45) is 0. The third kappa shape index (κ3) is 3.57. The number of hydrazine groups is 1. The van der Waals surface area contributed by atoms with Gasteiger partial charge in [-0.2, -0.15) is 0 Å². The SMILES string of the molecule is O=C(NNC(=O)c1ccccc1I)c1ccc(Br)o1. The Bertz CT molecular complexity index is 627. The van der Waals surface area contributed by atoms with E-state index < -0.39 is 5.91 Å². The number of carbonyl (C=O) groups excluding carboxylic acids is 2. The van der Waals surface area contributed by atoms with Gasteiger partial charge in [0.25, 0.3) is 5.91 Å². The lowest BCUT2D eigenvalue weighted by molar-refractivity contribution is 0.0829. The highest BCUT2D eigenvalue weighted by atomic mass is 127. The van der Waals surface area contributed by atoms with E-state index in [2.05, 4.69) is 26.8 Å². The van der Waals surface area contributed by atoms with Crippen molar-refractivity contribution in [3.05, 3.63) is 56.0 Å². The first-order valence-corrected chi connectivity index (χ1v) is 7.05. The molecule has 0 aliphatic heterocycles. The van der Waals surface area contributed by atoms with Crippen LogP contribution in [0, 0.1) is 3.57 Å². The Balaban J connectivity index is 1.98. The number of halogens is 2. The highest BCUT2D eigenvalue weighted by molar-refractivity contribution is 14.1. The molecule has 7 heteroatoms. The zero-order valence-corrected chi connectivity index (χ0v) is 13.2. The van der Waals surface area contributed by atoms with Crippen LogP contribution in [-0.2, 0) is 0 Å². The Kier molecular flexibility index (Phi) is 4.59. The molecule has 0 unspecified atom stereocenters. The molecule has 19 heavy (non-hydrogen) atoms. The molecule has 2 aromatic rings. The molecule has 1 aromatic carbocycles. The van der Waals surface area contributed by atoms with E-state index >= 15 is 0 Å². The number of furan rings is 1. The average Bonchev–Trinajstić information content (AvgIpc) is 2.83. The summed E-state index contributed by atoms with van der Waals surface area (Å²) in [6, 6.07) is 10.2. The molecule has 0 saturated carbocycles. The summed E-state index contributed by atoms with van der Waals surface area (Å²) < 4.78 is 6.30. The Morgan fingerprint density at radius 1 is 1.05 bits per heavy atom. The van der Waals surface area contributed by atoms with Gasteiger partial charge in [0.15, 0.2) is 10.4 Å². The predicted molar refractivity (Wildman–Crippen MR) is 80.5 cm³/mol. The maximum absolute atomic E-state index is 11.8. The Hall–Kier alpha value is -1.35. The fourth-order valence-electron chi connectivity index (χ4n) is 1.32. The average molecular weight is 435 g/mol. The first kappa shape index (κ1) is 14.1. The van der Waals surface area contributed by atoms with Crippen LogP contribution in [0.2, 0.25) is 0 Å². The van der Waals surface area contributed by atoms with Crippen molar-refractivity contribution in [2.45, 2.75) is 0 Å². The van der Waals surface area contributed by atoms with E-state index in [1.165, 1.54) is 6.07 Å². The maximum Gasteiger partial charge on any atom is 0.305 e. The van der Waals surface area contributed by atoms with Crippen molar-refractivity contribution in [3.63, 3.8) is 0 Å². The third-order valence-electron chi connectivity index (χ3n) is 2.21. The summed E-state index contributed by atoms with van der Waals surface area (Å²) in [5.41, 5.74) is 5.10. The Morgan fingerprint density at radius 2 is 1.74 bits per heavy atom. The van der Waals surface area contributed by atoms with Gasteiger partial charge in [0.05, 0.1) is 5.56 Å². The lowest BCUT2D eigenvalue weighted by atomic mass is 10.2. The molecule has 1 aromatic heterocycles. The summed E-state index contributed by atoms with van der Waals surface area (Å²) in [4.78, 5) is 23.5. The quantitative estimate of drug-likeness (QED) is 0.564. The molecule has 5 nitrogen and oxygen atoms in total. The van der Waals surface area contributed by atoms with Gasteiger partial charge < -0.3 is 4.42 Å². The second kappa shape index (κ2) is 6.20. The molecule has 2 amide bonds. The number of amides is 2. The van der Waals surface area contributed by atoms with Crippen LogP contribution < -0.4 is 10.9 Å². The normalized spacial score (nSPS) is 10.0. The number of carbonyl (C=O) groups is 2. The number of benzene rings is 1. The van der Waals surface area contributed by atoms with Crippen LogP contribution in [0.1, 0.15) is 20.9 Å². The molecular weight excluding hydrogens is 427 g/mol. The lowest BCUT2D eigenvalue weighted by Crippen LogP contribution is -2.41. The summed E-state index contributed by atoms with van der Waals surface area (Å²) in [7, 11) is 0. The van der Waals surface area contributed by atoms with Gasteiger partial charge in [-0.1, -0.05) is 12.1 Å². The van der Waals surface area contributed by atoms with Crippen molar-refractivity contribution in [1.82, 2.24) is 10.9 Å². The minimum absolute atomic E-state index is 0.106. The summed E-state index contributed by atoms with van der Waals surface area (Å²) in [5.74, 6) is -0.802. The molecule has 0 atom stereocenters. The Morgan fingerprint density at radius 3 is 2.37 bits per heavy atom. The van der Waals surface area contributed by atoms with Crippen LogP contribution >= 0.6 is 38.5 Å². The molecule has 0 aliphatic rings. The van der Waals surface area contributed by atoms with E-state index in [-0.39, 0.29) is 11.7 Å². The van der Waals surface area contributed by atoms with Crippen molar-refractivity contribution in [2.75, 3.05) is 0 Å². The minimum atomic E-state index is -0.523. The monoisotopic (exact) mass is 434 g/mol. The molecule has 0 bridgehead atoms. The molecule has 2 rings (SSSR count). The fraction of sp³-hybridized carbons (Fsp3) is 0. The molecule has 0 radical (unpaired) electrons. The topological polar surface area (TPSA) is 71.3 Å². The van der Waals surface area contributed by atoms with Crippen LogP contribution in [0.15, 0.2) is 45.5 Å². The molecule has 2 N–H and O–H groups in total. The van der Waals surface area contributed by atoms with Crippen molar-refractivity contribution >= 4 is 50.3 Å². The molecule has 0 saturated heterocycles. The molecule has 0 aliphatic carbocycles. The van der Waals surface area contributed by atoms with Gasteiger partial charge in [0.1, 0.15) is 0 Å². The van der Waals surface area contributed by atoms with Gasteiger partial charge >= 0.3 is 5.91 Å². The highest BCUT2D eigenvalue weighted by Gasteiger charge is 2.13. The minimum Gasteiger partial charge on any atom is -0.444 e.